The van der Waals surface area contributed by atoms with E-state index in [1.807, 2.05) is 0 Å². The molecule has 1 fully saturated rings. The van der Waals surface area contributed by atoms with E-state index in [2.05, 4.69) is 0 Å². The predicted octanol–water partition coefficient (Wildman–Crippen LogP) is 1.02. The van der Waals surface area contributed by atoms with Crippen LogP contribution in [0.5, 0.6) is 0 Å². The molecule has 0 aromatic rings. The molecular weight excluding hydrogens is 158 g/mol. The minimum Gasteiger partial charge on any atom is -0.465 e. The maximum atomic E-state index is 10.5. The van der Waals surface area contributed by atoms with Gasteiger partial charge in [-0.05, 0) is 12.8 Å². The Balaban J connectivity index is 2.34. The Morgan fingerprint density at radius 2 is 2.25 bits per heavy atom. The first-order valence-corrected chi connectivity index (χ1v) is 4.03. The lowest BCUT2D eigenvalue weighted by atomic mass is 10.1. The molecule has 0 radical (unpaired) electrons. The standard InChI is InChI=1S/C8H15NO3/c1-9(7(10)11)5-8(3-4-8)6-12-2/h3-6H2,1-2H3,(H,10,11). The predicted molar refractivity (Wildman–Crippen MR) is 44.2 cm³/mol. The highest BCUT2D eigenvalue weighted by atomic mass is 16.5. The van der Waals surface area contributed by atoms with E-state index in [9.17, 15) is 4.79 Å². The number of hydrogen-bond acceptors (Lipinski definition) is 2. The van der Waals surface area contributed by atoms with Gasteiger partial charge in [-0.15, -0.1) is 0 Å². The van der Waals surface area contributed by atoms with Gasteiger partial charge in [-0.1, -0.05) is 0 Å². The summed E-state index contributed by atoms with van der Waals surface area (Å²) in [4.78, 5) is 11.8. The van der Waals surface area contributed by atoms with Crippen molar-refractivity contribution in [2.24, 2.45) is 5.41 Å². The summed E-state index contributed by atoms with van der Waals surface area (Å²) in [5.41, 5.74) is 0.127. The highest BCUT2D eigenvalue weighted by Crippen LogP contribution is 2.46. The average Bonchev–Trinajstić information content (AvgIpc) is 2.69. The van der Waals surface area contributed by atoms with Crippen LogP contribution < -0.4 is 0 Å². The molecule has 0 heterocycles. The summed E-state index contributed by atoms with van der Waals surface area (Å²) in [5, 5.41) is 8.63. The lowest BCUT2D eigenvalue weighted by Gasteiger charge is -2.20. The number of hydrogen-bond donors (Lipinski definition) is 1. The number of carboxylic acid groups (broad SMARTS) is 1. The highest BCUT2D eigenvalue weighted by Gasteiger charge is 2.44. The summed E-state index contributed by atoms with van der Waals surface area (Å²) in [6.07, 6.45) is 1.30. The molecule has 1 N–H and O–H groups in total. The van der Waals surface area contributed by atoms with Gasteiger partial charge in [0, 0.05) is 26.1 Å². The summed E-state index contributed by atoms with van der Waals surface area (Å²) in [5.74, 6) is 0. The monoisotopic (exact) mass is 173 g/mol. The number of nitrogens with zero attached hydrogens (tertiary/aromatic N) is 1. The minimum absolute atomic E-state index is 0.127. The Morgan fingerprint density at radius 3 is 2.58 bits per heavy atom. The Bertz CT molecular complexity index is 177. The molecule has 0 atom stereocenters. The number of rotatable bonds is 4. The summed E-state index contributed by atoms with van der Waals surface area (Å²) < 4.78 is 5.03. The van der Waals surface area contributed by atoms with Crippen molar-refractivity contribution in [2.45, 2.75) is 12.8 Å². The zero-order valence-corrected chi connectivity index (χ0v) is 7.54. The highest BCUT2D eigenvalue weighted by molar-refractivity contribution is 5.64. The molecule has 0 bridgehead atoms. The maximum Gasteiger partial charge on any atom is 0.407 e. The van der Waals surface area contributed by atoms with Crippen LogP contribution in [-0.2, 0) is 4.74 Å². The van der Waals surface area contributed by atoms with Gasteiger partial charge >= 0.3 is 6.09 Å². The van der Waals surface area contributed by atoms with Gasteiger partial charge in [-0.2, -0.15) is 0 Å². The second-order valence-electron chi connectivity index (χ2n) is 3.57. The fraction of sp³-hybridized carbons (Fsp3) is 0.875. The second kappa shape index (κ2) is 3.31. The zero-order valence-electron chi connectivity index (χ0n) is 7.54. The lowest BCUT2D eigenvalue weighted by Crippen LogP contribution is -2.33. The van der Waals surface area contributed by atoms with Gasteiger partial charge in [0.1, 0.15) is 0 Å². The average molecular weight is 173 g/mol. The van der Waals surface area contributed by atoms with Crippen LogP contribution in [0.3, 0.4) is 0 Å². The first-order valence-electron chi connectivity index (χ1n) is 4.03. The Labute approximate surface area is 72.1 Å². The third-order valence-electron chi connectivity index (χ3n) is 2.31. The smallest absolute Gasteiger partial charge is 0.407 e. The van der Waals surface area contributed by atoms with E-state index in [1.54, 1.807) is 14.2 Å². The molecule has 70 valence electrons. The van der Waals surface area contributed by atoms with Crippen molar-refractivity contribution in [3.05, 3.63) is 0 Å². The number of ether oxygens (including phenoxy) is 1. The van der Waals surface area contributed by atoms with Crippen LogP contribution >= 0.6 is 0 Å². The van der Waals surface area contributed by atoms with Crippen molar-refractivity contribution < 1.29 is 14.6 Å². The summed E-state index contributed by atoms with van der Waals surface area (Å²) in [6, 6.07) is 0. The summed E-state index contributed by atoms with van der Waals surface area (Å²) >= 11 is 0. The van der Waals surface area contributed by atoms with Crippen molar-refractivity contribution >= 4 is 6.09 Å². The molecule has 4 nitrogen and oxygen atoms in total. The van der Waals surface area contributed by atoms with E-state index in [0.717, 1.165) is 12.8 Å². The van der Waals surface area contributed by atoms with Crippen molar-refractivity contribution in [3.8, 4) is 0 Å². The Morgan fingerprint density at radius 1 is 1.67 bits per heavy atom. The first-order chi connectivity index (χ1) is 5.59. The quantitative estimate of drug-likeness (QED) is 0.690. The minimum atomic E-state index is -0.864. The summed E-state index contributed by atoms with van der Waals surface area (Å²) in [7, 11) is 3.25. The largest absolute Gasteiger partial charge is 0.465 e. The molecule has 1 aliphatic rings. The molecule has 1 aliphatic carbocycles. The molecular formula is C8H15NO3. The van der Waals surface area contributed by atoms with Crippen LogP contribution in [0.4, 0.5) is 4.79 Å². The zero-order chi connectivity index (χ0) is 9.19. The van der Waals surface area contributed by atoms with Gasteiger partial charge in [0.05, 0.1) is 6.61 Å². The molecule has 0 saturated heterocycles. The molecule has 1 saturated carbocycles. The van der Waals surface area contributed by atoms with Gasteiger partial charge in [-0.25, -0.2) is 4.79 Å². The van der Waals surface area contributed by atoms with Crippen LogP contribution in [0.2, 0.25) is 0 Å². The molecule has 0 aliphatic heterocycles. The van der Waals surface area contributed by atoms with Crippen molar-refractivity contribution in [3.63, 3.8) is 0 Å². The van der Waals surface area contributed by atoms with E-state index in [-0.39, 0.29) is 5.41 Å². The van der Waals surface area contributed by atoms with E-state index in [0.29, 0.717) is 13.2 Å². The molecule has 0 aromatic carbocycles. The van der Waals surface area contributed by atoms with Crippen molar-refractivity contribution in [1.82, 2.24) is 4.90 Å². The Kier molecular flexibility index (Phi) is 2.57. The first kappa shape index (κ1) is 9.32. The molecule has 0 aromatic heterocycles. The molecule has 0 unspecified atom stereocenters. The Hall–Kier alpha value is -0.770. The fourth-order valence-electron chi connectivity index (χ4n) is 1.40. The topological polar surface area (TPSA) is 49.8 Å². The number of amides is 1. The molecule has 1 amide bonds. The van der Waals surface area contributed by atoms with Crippen molar-refractivity contribution in [1.29, 1.82) is 0 Å². The molecule has 12 heavy (non-hydrogen) atoms. The number of methoxy groups -OCH3 is 1. The normalized spacial score (nSPS) is 18.8. The summed E-state index contributed by atoms with van der Waals surface area (Å²) in [6.45, 7) is 1.26. The number of carbonyl (C=O) groups is 1. The lowest BCUT2D eigenvalue weighted by molar-refractivity contribution is 0.106. The van der Waals surface area contributed by atoms with Crippen LogP contribution in [0.1, 0.15) is 12.8 Å². The third kappa shape index (κ3) is 2.11. The molecule has 4 heteroatoms. The third-order valence-corrected chi connectivity index (χ3v) is 2.31. The van der Waals surface area contributed by atoms with Gasteiger partial charge in [0.25, 0.3) is 0 Å². The SMILES string of the molecule is COCC1(CN(C)C(=O)O)CC1. The second-order valence-corrected chi connectivity index (χ2v) is 3.57. The van der Waals surface area contributed by atoms with Crippen LogP contribution in [0.25, 0.3) is 0 Å². The van der Waals surface area contributed by atoms with Gasteiger partial charge in [0.2, 0.25) is 0 Å². The fourth-order valence-corrected chi connectivity index (χ4v) is 1.40. The van der Waals surface area contributed by atoms with Crippen LogP contribution in [0.15, 0.2) is 0 Å². The van der Waals surface area contributed by atoms with E-state index in [1.165, 1.54) is 4.90 Å². The maximum absolute atomic E-state index is 10.5. The molecule has 1 rings (SSSR count). The van der Waals surface area contributed by atoms with E-state index < -0.39 is 6.09 Å². The van der Waals surface area contributed by atoms with Crippen LogP contribution in [0, 0.1) is 5.41 Å². The van der Waals surface area contributed by atoms with Gasteiger partial charge < -0.3 is 14.7 Å². The van der Waals surface area contributed by atoms with Crippen LogP contribution in [-0.4, -0.2) is 43.4 Å². The van der Waals surface area contributed by atoms with Gasteiger partial charge in [-0.3, -0.25) is 0 Å². The van der Waals surface area contributed by atoms with Crippen molar-refractivity contribution in [2.75, 3.05) is 27.3 Å². The van der Waals surface area contributed by atoms with Gasteiger partial charge in [0.15, 0.2) is 0 Å². The van der Waals surface area contributed by atoms with E-state index >= 15 is 0 Å². The molecule has 0 spiro atoms. The van der Waals surface area contributed by atoms with E-state index in [4.69, 9.17) is 9.84 Å².